The summed E-state index contributed by atoms with van der Waals surface area (Å²) < 4.78 is 27.8. The van der Waals surface area contributed by atoms with Gasteiger partial charge in [-0.25, -0.2) is 13.1 Å². The molecule has 21 heavy (non-hydrogen) atoms. The predicted molar refractivity (Wildman–Crippen MR) is 87.3 cm³/mol. The normalized spacial score (nSPS) is 18.9. The van der Waals surface area contributed by atoms with E-state index in [2.05, 4.69) is 4.72 Å². The van der Waals surface area contributed by atoms with Crippen LogP contribution in [0.3, 0.4) is 0 Å². The molecule has 0 bridgehead atoms. The summed E-state index contributed by atoms with van der Waals surface area (Å²) >= 11 is 4.99. The third-order valence-corrected chi connectivity index (χ3v) is 5.75. The molecule has 2 saturated carbocycles. The van der Waals surface area contributed by atoms with E-state index < -0.39 is 10.0 Å². The van der Waals surface area contributed by atoms with Crippen LogP contribution in [0.5, 0.6) is 0 Å². The maximum absolute atomic E-state index is 12.5. The van der Waals surface area contributed by atoms with Gasteiger partial charge in [0.25, 0.3) is 0 Å². The van der Waals surface area contributed by atoms with Crippen molar-refractivity contribution in [2.45, 2.75) is 37.5 Å². The van der Waals surface area contributed by atoms with Gasteiger partial charge in [-0.1, -0.05) is 36.5 Å². The largest absolute Gasteiger partial charge is 0.389 e. The fourth-order valence-electron chi connectivity index (χ4n) is 2.83. The number of hydrogen-bond acceptors (Lipinski definition) is 3. The van der Waals surface area contributed by atoms with Crippen molar-refractivity contribution in [3.05, 3.63) is 35.4 Å². The Morgan fingerprint density at radius 1 is 1.24 bits per heavy atom. The van der Waals surface area contributed by atoms with Crippen molar-refractivity contribution in [2.75, 3.05) is 0 Å². The van der Waals surface area contributed by atoms with Crippen LogP contribution >= 0.6 is 12.2 Å². The molecule has 0 spiro atoms. The van der Waals surface area contributed by atoms with Crippen molar-refractivity contribution in [3.63, 3.8) is 0 Å². The summed E-state index contributed by atoms with van der Waals surface area (Å²) in [6.07, 6.45) is 4.58. The minimum absolute atomic E-state index is 0.0591. The molecule has 3 N–H and O–H groups in total. The molecular weight excluding hydrogens is 304 g/mol. The highest BCUT2D eigenvalue weighted by Gasteiger charge is 2.43. The number of thiocarbonyl (C=S) groups is 1. The molecule has 0 amide bonds. The number of nitrogens with two attached hydrogens (primary N) is 1. The molecule has 6 heteroatoms. The minimum Gasteiger partial charge on any atom is -0.389 e. The van der Waals surface area contributed by atoms with Crippen molar-refractivity contribution < 1.29 is 8.42 Å². The van der Waals surface area contributed by atoms with Crippen molar-refractivity contribution in [3.8, 4) is 0 Å². The number of nitrogens with one attached hydrogen (secondary N) is 1. The van der Waals surface area contributed by atoms with Crippen LogP contribution in [0, 0.1) is 11.8 Å². The van der Waals surface area contributed by atoms with Crippen molar-refractivity contribution in [2.24, 2.45) is 17.6 Å². The highest BCUT2D eigenvalue weighted by Crippen LogP contribution is 2.44. The van der Waals surface area contributed by atoms with Gasteiger partial charge < -0.3 is 5.73 Å². The Morgan fingerprint density at radius 2 is 1.81 bits per heavy atom. The van der Waals surface area contributed by atoms with E-state index in [4.69, 9.17) is 18.0 Å². The van der Waals surface area contributed by atoms with Gasteiger partial charge in [-0.05, 0) is 43.1 Å². The maximum atomic E-state index is 12.5. The Kier molecular flexibility index (Phi) is 4.03. The van der Waals surface area contributed by atoms with Crippen molar-refractivity contribution >= 4 is 27.2 Å². The van der Waals surface area contributed by atoms with Crippen molar-refractivity contribution in [1.82, 2.24) is 4.72 Å². The Morgan fingerprint density at radius 3 is 2.33 bits per heavy atom. The summed E-state index contributed by atoms with van der Waals surface area (Å²) in [5.41, 5.74) is 6.98. The fourth-order valence-corrected chi connectivity index (χ4v) is 4.57. The van der Waals surface area contributed by atoms with Crippen molar-refractivity contribution in [1.29, 1.82) is 0 Å². The van der Waals surface area contributed by atoms with E-state index in [9.17, 15) is 8.42 Å². The average molecular weight is 324 g/mol. The topological polar surface area (TPSA) is 72.2 Å². The molecule has 0 aliphatic heterocycles. The summed E-state index contributed by atoms with van der Waals surface area (Å²) in [6, 6.07) is 7.30. The first-order valence-corrected chi connectivity index (χ1v) is 9.40. The van der Waals surface area contributed by atoms with E-state index in [1.807, 2.05) is 12.1 Å². The minimum atomic E-state index is -3.37. The van der Waals surface area contributed by atoms with E-state index in [1.165, 1.54) is 0 Å². The Balaban J connectivity index is 1.75. The van der Waals surface area contributed by atoms with Crippen LogP contribution in [0.25, 0.3) is 0 Å². The first-order chi connectivity index (χ1) is 9.96. The number of rotatable bonds is 7. The van der Waals surface area contributed by atoms with Gasteiger partial charge in [-0.2, -0.15) is 0 Å². The summed E-state index contributed by atoms with van der Waals surface area (Å²) in [5.74, 6) is 1.02. The van der Waals surface area contributed by atoms with Gasteiger partial charge in [-0.15, -0.1) is 0 Å². The predicted octanol–water partition coefficient (Wildman–Crippen LogP) is 1.93. The second-order valence-corrected chi connectivity index (χ2v) is 8.29. The molecule has 3 rings (SSSR count). The summed E-state index contributed by atoms with van der Waals surface area (Å²) in [4.78, 5) is 0.238. The van der Waals surface area contributed by atoms with Gasteiger partial charge in [-0.3, -0.25) is 0 Å². The van der Waals surface area contributed by atoms with Gasteiger partial charge in [0.1, 0.15) is 4.99 Å². The zero-order valence-electron chi connectivity index (χ0n) is 11.8. The average Bonchev–Trinajstić information content (AvgIpc) is 3.27. The molecule has 0 unspecified atom stereocenters. The molecule has 0 aromatic heterocycles. The lowest BCUT2D eigenvalue weighted by molar-refractivity contribution is 0.471. The van der Waals surface area contributed by atoms with Crippen LogP contribution in [0.15, 0.2) is 24.3 Å². The summed E-state index contributed by atoms with van der Waals surface area (Å²) in [6.45, 7) is 0. The lowest BCUT2D eigenvalue weighted by Gasteiger charge is -2.18. The second-order valence-electron chi connectivity index (χ2n) is 6.10. The molecule has 1 aromatic carbocycles. The quantitative estimate of drug-likeness (QED) is 0.752. The fraction of sp³-hybridized carbons (Fsp3) is 0.533. The zero-order chi connectivity index (χ0) is 15.0. The number of sulfonamides is 1. The standard InChI is InChI=1S/C15H20N2O2S2/c16-15(20)13-4-2-1-3-12(13)9-21(18,19)17-14(10-5-6-10)11-7-8-11/h1-4,10-11,14,17H,5-9H2,(H2,16,20). The SMILES string of the molecule is NC(=S)c1ccccc1CS(=O)(=O)NC(C1CC1)C1CC1. The molecule has 0 saturated heterocycles. The summed E-state index contributed by atoms with van der Waals surface area (Å²) in [7, 11) is -3.37. The first-order valence-electron chi connectivity index (χ1n) is 7.34. The van der Waals surface area contributed by atoms with Crippen LogP contribution in [-0.2, 0) is 15.8 Å². The van der Waals surface area contributed by atoms with Gasteiger partial charge in [0, 0.05) is 11.6 Å². The van der Waals surface area contributed by atoms with E-state index >= 15 is 0 Å². The first kappa shape index (κ1) is 14.9. The Hall–Kier alpha value is -0.980. The second kappa shape index (κ2) is 5.66. The monoisotopic (exact) mass is 324 g/mol. The number of benzene rings is 1. The molecule has 114 valence electrons. The molecule has 0 atom stereocenters. The van der Waals surface area contributed by atoms with Crippen LogP contribution in [0.1, 0.15) is 36.8 Å². The number of hydrogen-bond donors (Lipinski definition) is 2. The van der Waals surface area contributed by atoms with Gasteiger partial charge in [0.05, 0.1) is 5.75 Å². The third-order valence-electron chi connectivity index (χ3n) is 4.20. The highest BCUT2D eigenvalue weighted by atomic mass is 32.2. The lowest BCUT2D eigenvalue weighted by atomic mass is 10.1. The van der Waals surface area contributed by atoms with E-state index in [0.717, 1.165) is 25.7 Å². The van der Waals surface area contributed by atoms with Gasteiger partial charge in [0.2, 0.25) is 10.0 Å². The Labute approximate surface area is 131 Å². The molecule has 2 aliphatic carbocycles. The smallest absolute Gasteiger partial charge is 0.216 e. The van der Waals surface area contributed by atoms with Gasteiger partial charge in [0.15, 0.2) is 0 Å². The molecule has 4 nitrogen and oxygen atoms in total. The van der Waals surface area contributed by atoms with E-state index in [-0.39, 0.29) is 16.8 Å². The Bertz CT molecular complexity index is 637. The van der Waals surface area contributed by atoms with Crippen LogP contribution in [0.2, 0.25) is 0 Å². The van der Waals surface area contributed by atoms with Crippen LogP contribution in [-0.4, -0.2) is 19.4 Å². The lowest BCUT2D eigenvalue weighted by Crippen LogP contribution is -2.39. The van der Waals surface area contributed by atoms with Crippen LogP contribution < -0.4 is 10.5 Å². The molecule has 0 radical (unpaired) electrons. The van der Waals surface area contributed by atoms with Crippen LogP contribution in [0.4, 0.5) is 0 Å². The molecule has 1 aromatic rings. The molecule has 2 fully saturated rings. The van der Waals surface area contributed by atoms with E-state index in [1.54, 1.807) is 12.1 Å². The highest BCUT2D eigenvalue weighted by molar-refractivity contribution is 7.88. The summed E-state index contributed by atoms with van der Waals surface area (Å²) in [5, 5.41) is 0. The molecule has 2 aliphatic rings. The maximum Gasteiger partial charge on any atom is 0.216 e. The van der Waals surface area contributed by atoms with Gasteiger partial charge >= 0.3 is 0 Å². The zero-order valence-corrected chi connectivity index (χ0v) is 13.4. The van der Waals surface area contributed by atoms with E-state index in [0.29, 0.717) is 23.0 Å². The molecular formula is C15H20N2O2S2. The third kappa shape index (κ3) is 3.81. The molecule has 0 heterocycles.